The first-order valence-electron chi connectivity index (χ1n) is 8.55. The maximum atomic E-state index is 12.8. The molecule has 1 aliphatic rings. The van der Waals surface area contributed by atoms with Crippen LogP contribution < -0.4 is 0 Å². The summed E-state index contributed by atoms with van der Waals surface area (Å²) in [4.78, 5) is 12.3. The predicted molar refractivity (Wildman–Crippen MR) is 95.4 cm³/mol. The molecule has 4 nitrogen and oxygen atoms in total. The Hall–Kier alpha value is -2.14. The van der Waals surface area contributed by atoms with Gasteiger partial charge in [0.2, 0.25) is 9.84 Å². The average Bonchev–Trinajstić information content (AvgIpc) is 2.59. The monoisotopic (exact) mass is 358 g/mol. The van der Waals surface area contributed by atoms with Gasteiger partial charge in [-0.2, -0.15) is 0 Å². The summed E-state index contributed by atoms with van der Waals surface area (Å²) < 4.78 is 30.9. The lowest BCUT2D eigenvalue weighted by atomic mass is 9.96. The Balaban J connectivity index is 1.85. The van der Waals surface area contributed by atoms with Gasteiger partial charge in [-0.25, -0.2) is 8.42 Å². The average molecular weight is 358 g/mol. The number of fused-ring (bicyclic) bond motifs is 2. The number of sulfone groups is 1. The molecule has 5 heteroatoms. The minimum atomic E-state index is -3.46. The molecular weight excluding hydrogens is 336 g/mol. The third kappa shape index (κ3) is 3.47. The van der Waals surface area contributed by atoms with E-state index in [9.17, 15) is 13.2 Å². The van der Waals surface area contributed by atoms with Gasteiger partial charge in [-0.05, 0) is 35.2 Å². The van der Waals surface area contributed by atoms with E-state index in [2.05, 4.69) is 0 Å². The van der Waals surface area contributed by atoms with Gasteiger partial charge in [0.05, 0.1) is 16.4 Å². The molecule has 0 N–H and O–H groups in total. The number of carbonyl (C=O) groups excluding carboxylic acids is 1. The third-order valence-electron chi connectivity index (χ3n) is 4.53. The second kappa shape index (κ2) is 7.00. The molecule has 1 atom stereocenters. The molecule has 1 unspecified atom stereocenters. The van der Waals surface area contributed by atoms with Crippen LogP contribution >= 0.6 is 0 Å². The molecule has 2 aromatic carbocycles. The summed E-state index contributed by atoms with van der Waals surface area (Å²) in [6.45, 7) is 4.22. The maximum Gasteiger partial charge on any atom is 0.305 e. The number of rotatable bonds is 5. The number of benzene rings is 2. The van der Waals surface area contributed by atoms with Crippen LogP contribution in [-0.2, 0) is 25.8 Å². The lowest BCUT2D eigenvalue weighted by Gasteiger charge is -2.21. The van der Waals surface area contributed by atoms with Crippen LogP contribution in [-0.4, -0.2) is 21.0 Å². The van der Waals surface area contributed by atoms with Crippen molar-refractivity contribution in [2.45, 2.75) is 48.8 Å². The van der Waals surface area contributed by atoms with E-state index in [0.717, 1.165) is 23.1 Å². The maximum absolute atomic E-state index is 12.8. The molecule has 0 saturated heterocycles. The molecule has 25 heavy (non-hydrogen) atoms. The zero-order valence-electron chi connectivity index (χ0n) is 14.5. The number of hydrogen-bond acceptors (Lipinski definition) is 4. The zero-order valence-corrected chi connectivity index (χ0v) is 15.3. The number of ether oxygens (including phenoxy) is 1. The molecule has 2 aromatic rings. The molecule has 0 bridgehead atoms. The Labute approximate surface area is 148 Å². The second-order valence-electron chi connectivity index (χ2n) is 6.49. The van der Waals surface area contributed by atoms with Crippen LogP contribution in [0.3, 0.4) is 0 Å². The highest BCUT2D eigenvalue weighted by Gasteiger charge is 2.29. The van der Waals surface area contributed by atoms with Crippen molar-refractivity contribution in [2.24, 2.45) is 0 Å². The topological polar surface area (TPSA) is 60.4 Å². The Morgan fingerprint density at radius 3 is 2.60 bits per heavy atom. The van der Waals surface area contributed by atoms with Gasteiger partial charge in [-0.15, -0.1) is 0 Å². The van der Waals surface area contributed by atoms with Gasteiger partial charge in [0.1, 0.15) is 0 Å². The first kappa shape index (κ1) is 17.7. The van der Waals surface area contributed by atoms with E-state index in [1.165, 1.54) is 0 Å². The fraction of sp³-hybridized carbons (Fsp3) is 0.350. The molecule has 0 aliphatic carbocycles. The summed E-state index contributed by atoms with van der Waals surface area (Å²) in [5.41, 5.74) is 2.62. The molecule has 0 fully saturated rings. The first-order valence-corrected chi connectivity index (χ1v) is 10.0. The van der Waals surface area contributed by atoms with E-state index in [4.69, 9.17) is 4.74 Å². The van der Waals surface area contributed by atoms with Gasteiger partial charge in [-0.1, -0.05) is 44.2 Å². The van der Waals surface area contributed by atoms with Gasteiger partial charge < -0.3 is 4.74 Å². The van der Waals surface area contributed by atoms with Crippen molar-refractivity contribution >= 4 is 15.8 Å². The van der Waals surface area contributed by atoms with Crippen molar-refractivity contribution in [1.82, 2.24) is 0 Å². The molecule has 3 rings (SSSR count). The van der Waals surface area contributed by atoms with Crippen molar-refractivity contribution in [1.29, 1.82) is 0 Å². The van der Waals surface area contributed by atoms with E-state index < -0.39 is 9.84 Å². The Morgan fingerprint density at radius 2 is 1.84 bits per heavy atom. The molecule has 1 heterocycles. The molecule has 0 radical (unpaired) electrons. The van der Waals surface area contributed by atoms with Gasteiger partial charge in [0.15, 0.2) is 0 Å². The predicted octanol–water partition coefficient (Wildman–Crippen LogP) is 3.87. The number of carbonyl (C=O) groups is 1. The van der Waals surface area contributed by atoms with Crippen molar-refractivity contribution in [3.8, 4) is 0 Å². The SMILES string of the molecule is CCCC(=O)OCC(C)c1ccc2c(c1)Cc1ccccc1S2(=O)=O. The summed E-state index contributed by atoms with van der Waals surface area (Å²) in [5, 5.41) is 0. The van der Waals surface area contributed by atoms with Crippen LogP contribution in [0.15, 0.2) is 52.3 Å². The lowest BCUT2D eigenvalue weighted by molar-refractivity contribution is -0.144. The van der Waals surface area contributed by atoms with E-state index in [1.807, 2.05) is 38.1 Å². The molecular formula is C20H22O4S. The normalized spacial score (nSPS) is 15.8. The van der Waals surface area contributed by atoms with E-state index in [1.54, 1.807) is 18.2 Å². The summed E-state index contributed by atoms with van der Waals surface area (Å²) in [6, 6.07) is 12.6. The standard InChI is InChI=1S/C20H22O4S/c1-3-6-20(21)24-13-14(2)15-9-10-19-17(11-15)12-16-7-4-5-8-18(16)25(19,22)23/h4-5,7-11,14H,3,6,12-13H2,1-2H3. The summed E-state index contributed by atoms with van der Waals surface area (Å²) in [5.74, 6) is -0.171. The van der Waals surface area contributed by atoms with Gasteiger partial charge in [0, 0.05) is 18.8 Å². The highest BCUT2D eigenvalue weighted by atomic mass is 32.2. The van der Waals surface area contributed by atoms with Crippen LogP contribution in [0.1, 0.15) is 49.3 Å². The molecule has 0 amide bonds. The fourth-order valence-corrected chi connectivity index (χ4v) is 4.84. The van der Waals surface area contributed by atoms with Crippen molar-refractivity contribution < 1.29 is 17.9 Å². The largest absolute Gasteiger partial charge is 0.465 e. The Bertz CT molecular complexity index is 900. The lowest BCUT2D eigenvalue weighted by Crippen LogP contribution is -2.16. The summed E-state index contributed by atoms with van der Waals surface area (Å²) >= 11 is 0. The quantitative estimate of drug-likeness (QED) is 0.650. The Kier molecular flexibility index (Phi) is 4.95. The molecule has 0 spiro atoms. The van der Waals surface area contributed by atoms with E-state index >= 15 is 0 Å². The minimum absolute atomic E-state index is 0.0194. The third-order valence-corrected chi connectivity index (χ3v) is 6.49. The van der Waals surface area contributed by atoms with Crippen LogP contribution in [0.5, 0.6) is 0 Å². The zero-order chi connectivity index (χ0) is 18.0. The summed E-state index contributed by atoms with van der Waals surface area (Å²) in [6.07, 6.45) is 1.79. The highest BCUT2D eigenvalue weighted by Crippen LogP contribution is 2.35. The van der Waals surface area contributed by atoms with E-state index in [-0.39, 0.29) is 11.9 Å². The van der Waals surface area contributed by atoms with E-state index in [0.29, 0.717) is 29.2 Å². The summed E-state index contributed by atoms with van der Waals surface area (Å²) in [7, 11) is -3.46. The van der Waals surface area contributed by atoms with Crippen LogP contribution in [0.25, 0.3) is 0 Å². The van der Waals surface area contributed by atoms with Crippen molar-refractivity contribution in [3.05, 3.63) is 59.2 Å². The van der Waals surface area contributed by atoms with Crippen molar-refractivity contribution in [2.75, 3.05) is 6.61 Å². The fourth-order valence-electron chi connectivity index (χ4n) is 3.13. The van der Waals surface area contributed by atoms with Gasteiger partial charge in [-0.3, -0.25) is 4.79 Å². The number of hydrogen-bond donors (Lipinski definition) is 0. The highest BCUT2D eigenvalue weighted by molar-refractivity contribution is 7.91. The number of esters is 1. The molecule has 132 valence electrons. The molecule has 1 aliphatic heterocycles. The molecule has 0 aromatic heterocycles. The smallest absolute Gasteiger partial charge is 0.305 e. The van der Waals surface area contributed by atoms with Crippen LogP contribution in [0.2, 0.25) is 0 Å². The first-order chi connectivity index (χ1) is 11.9. The van der Waals surface area contributed by atoms with Gasteiger partial charge in [0.25, 0.3) is 0 Å². The molecule has 0 saturated carbocycles. The Morgan fingerprint density at radius 1 is 1.12 bits per heavy atom. The second-order valence-corrected chi connectivity index (χ2v) is 8.38. The van der Waals surface area contributed by atoms with Crippen LogP contribution in [0, 0.1) is 0 Å². The van der Waals surface area contributed by atoms with Crippen molar-refractivity contribution in [3.63, 3.8) is 0 Å². The van der Waals surface area contributed by atoms with Crippen LogP contribution in [0.4, 0.5) is 0 Å². The van der Waals surface area contributed by atoms with Gasteiger partial charge >= 0.3 is 5.97 Å². The minimum Gasteiger partial charge on any atom is -0.465 e.